The highest BCUT2D eigenvalue weighted by molar-refractivity contribution is 7.22. The predicted octanol–water partition coefficient (Wildman–Crippen LogP) is 5.85. The number of likely N-dealkylation sites (N-methyl/N-ethyl adjacent to an activating group) is 1. The van der Waals surface area contributed by atoms with Crippen LogP contribution in [-0.4, -0.2) is 42.8 Å². The summed E-state index contributed by atoms with van der Waals surface area (Å²) in [5.41, 5.74) is 1.73. The van der Waals surface area contributed by atoms with E-state index in [2.05, 4.69) is 11.9 Å². The zero-order valence-electron chi connectivity index (χ0n) is 18.6. The number of likely N-dealkylation sites (tertiary alicyclic amines) is 1. The minimum atomic E-state index is -0.0534. The Hall–Kier alpha value is -2.80. The van der Waals surface area contributed by atoms with Crippen molar-refractivity contribution in [1.82, 2.24) is 9.47 Å². The fraction of sp³-hybridized carbons (Fsp3) is 0.269. The number of methoxy groups -OCH3 is 1. The molecule has 0 saturated carbocycles. The number of hydrogen-bond donors (Lipinski definition) is 0. The second-order valence-corrected chi connectivity index (χ2v) is 9.86. The van der Waals surface area contributed by atoms with Crippen LogP contribution < -0.4 is 15.0 Å². The largest absolute Gasteiger partial charge is 0.493 e. The quantitative estimate of drug-likeness (QED) is 0.359. The van der Waals surface area contributed by atoms with Crippen molar-refractivity contribution in [1.29, 1.82) is 0 Å². The van der Waals surface area contributed by atoms with Gasteiger partial charge >= 0.3 is 0 Å². The van der Waals surface area contributed by atoms with Crippen molar-refractivity contribution in [3.8, 4) is 27.6 Å². The van der Waals surface area contributed by atoms with E-state index in [1.165, 1.54) is 11.3 Å². The minimum Gasteiger partial charge on any atom is -0.493 e. The molecule has 1 fully saturated rings. The summed E-state index contributed by atoms with van der Waals surface area (Å²) >= 11 is 7.51. The summed E-state index contributed by atoms with van der Waals surface area (Å²) in [6.45, 7) is 2.00. The maximum atomic E-state index is 13.3. The third kappa shape index (κ3) is 4.51. The molecule has 1 saturated heterocycles. The van der Waals surface area contributed by atoms with Gasteiger partial charge in [-0.2, -0.15) is 0 Å². The molecule has 5 rings (SSSR count). The van der Waals surface area contributed by atoms with Crippen LogP contribution in [0.5, 0.6) is 11.5 Å². The number of aromatic nitrogens is 1. The fourth-order valence-corrected chi connectivity index (χ4v) is 5.50. The molecule has 0 radical (unpaired) electrons. The standard InChI is InChI=1S/C26H25ClN2O3S/c1-28-12-3-4-21(16-28)32-22-10-9-20(15-23(22)31-2)29-13-11-18-14-24(33-25(18)26(29)30)17-5-7-19(27)8-6-17/h5-11,13-15,21H,3-4,12,16H2,1-2H3/t21-/m1/s1. The molecule has 170 valence electrons. The van der Waals surface area contributed by atoms with Gasteiger partial charge in [0.2, 0.25) is 0 Å². The molecule has 33 heavy (non-hydrogen) atoms. The van der Waals surface area contributed by atoms with Crippen LogP contribution in [0, 0.1) is 0 Å². The van der Waals surface area contributed by atoms with E-state index in [1.54, 1.807) is 11.7 Å². The van der Waals surface area contributed by atoms with Crippen molar-refractivity contribution in [2.75, 3.05) is 27.2 Å². The highest BCUT2D eigenvalue weighted by atomic mass is 35.5. The zero-order valence-corrected chi connectivity index (χ0v) is 20.2. The van der Waals surface area contributed by atoms with Gasteiger partial charge in [-0.05, 0) is 68.4 Å². The molecule has 0 aliphatic carbocycles. The minimum absolute atomic E-state index is 0.0534. The van der Waals surface area contributed by atoms with E-state index in [1.807, 2.05) is 60.8 Å². The topological polar surface area (TPSA) is 43.7 Å². The van der Waals surface area contributed by atoms with Crippen molar-refractivity contribution >= 4 is 33.0 Å². The fourth-order valence-electron chi connectivity index (χ4n) is 4.29. The van der Waals surface area contributed by atoms with Crippen LogP contribution in [-0.2, 0) is 0 Å². The van der Waals surface area contributed by atoms with Gasteiger partial charge in [-0.3, -0.25) is 9.36 Å². The van der Waals surface area contributed by atoms with Gasteiger partial charge in [-0.1, -0.05) is 23.7 Å². The zero-order chi connectivity index (χ0) is 22.9. The number of thiophene rings is 1. The van der Waals surface area contributed by atoms with Gasteiger partial charge in [0.15, 0.2) is 11.5 Å². The lowest BCUT2D eigenvalue weighted by Gasteiger charge is -2.30. The van der Waals surface area contributed by atoms with E-state index in [0.717, 1.165) is 47.4 Å². The number of ether oxygens (including phenoxy) is 2. The van der Waals surface area contributed by atoms with Gasteiger partial charge < -0.3 is 14.4 Å². The summed E-state index contributed by atoms with van der Waals surface area (Å²) in [6.07, 6.45) is 4.10. The number of rotatable bonds is 5. The number of fused-ring (bicyclic) bond motifs is 1. The van der Waals surface area contributed by atoms with Gasteiger partial charge in [-0.25, -0.2) is 0 Å². The van der Waals surface area contributed by atoms with Gasteiger partial charge in [0.25, 0.3) is 5.56 Å². The van der Waals surface area contributed by atoms with Crippen LogP contribution in [0.4, 0.5) is 0 Å². The lowest BCUT2D eigenvalue weighted by Crippen LogP contribution is -2.38. The monoisotopic (exact) mass is 480 g/mol. The van der Waals surface area contributed by atoms with Crippen molar-refractivity contribution < 1.29 is 9.47 Å². The van der Waals surface area contributed by atoms with Crippen molar-refractivity contribution in [3.05, 3.63) is 76.2 Å². The third-order valence-electron chi connectivity index (χ3n) is 6.01. The highest BCUT2D eigenvalue weighted by Crippen LogP contribution is 2.34. The van der Waals surface area contributed by atoms with E-state index in [-0.39, 0.29) is 11.7 Å². The molecule has 1 aliphatic rings. The molecule has 1 aliphatic heterocycles. The Morgan fingerprint density at radius 3 is 2.64 bits per heavy atom. The van der Waals surface area contributed by atoms with E-state index in [4.69, 9.17) is 21.1 Å². The smallest absolute Gasteiger partial charge is 0.273 e. The van der Waals surface area contributed by atoms with Crippen LogP contribution >= 0.6 is 22.9 Å². The molecular weight excluding hydrogens is 456 g/mol. The second kappa shape index (κ2) is 9.21. The summed E-state index contributed by atoms with van der Waals surface area (Å²) in [7, 11) is 3.74. The molecule has 1 atom stereocenters. The Kier molecular flexibility index (Phi) is 6.15. The summed E-state index contributed by atoms with van der Waals surface area (Å²) in [4.78, 5) is 16.7. The summed E-state index contributed by atoms with van der Waals surface area (Å²) in [5, 5.41) is 1.62. The molecule has 4 aromatic rings. The predicted molar refractivity (Wildman–Crippen MR) is 136 cm³/mol. The number of hydrogen-bond acceptors (Lipinski definition) is 5. The Balaban J connectivity index is 1.47. The molecule has 0 spiro atoms. The first kappa shape index (κ1) is 22.0. The molecule has 2 aromatic carbocycles. The normalized spacial score (nSPS) is 16.8. The molecule has 0 bridgehead atoms. The molecular formula is C26H25ClN2O3S. The Morgan fingerprint density at radius 1 is 1.06 bits per heavy atom. The summed E-state index contributed by atoms with van der Waals surface area (Å²) in [6, 6.07) is 17.4. The van der Waals surface area contributed by atoms with Crippen LogP contribution in [0.2, 0.25) is 5.02 Å². The van der Waals surface area contributed by atoms with Crippen LogP contribution in [0.25, 0.3) is 26.2 Å². The Bertz CT molecular complexity index is 1350. The molecule has 7 heteroatoms. The molecule has 0 unspecified atom stereocenters. The lowest BCUT2D eigenvalue weighted by molar-refractivity contribution is 0.101. The van der Waals surface area contributed by atoms with Crippen molar-refractivity contribution in [2.45, 2.75) is 18.9 Å². The van der Waals surface area contributed by atoms with E-state index in [9.17, 15) is 4.79 Å². The third-order valence-corrected chi connectivity index (χ3v) is 7.45. The number of halogens is 1. The molecule has 3 heterocycles. The molecule has 2 aromatic heterocycles. The van der Waals surface area contributed by atoms with E-state index in [0.29, 0.717) is 21.2 Å². The maximum Gasteiger partial charge on any atom is 0.273 e. The first-order valence-corrected chi connectivity index (χ1v) is 12.2. The summed E-state index contributed by atoms with van der Waals surface area (Å²) in [5.74, 6) is 1.33. The van der Waals surface area contributed by atoms with Crippen LogP contribution in [0.1, 0.15) is 12.8 Å². The van der Waals surface area contributed by atoms with Gasteiger partial charge in [0, 0.05) is 34.1 Å². The number of benzene rings is 2. The number of nitrogens with zero attached hydrogens (tertiary/aromatic N) is 2. The lowest BCUT2D eigenvalue weighted by atomic mass is 10.1. The molecule has 0 amide bonds. The van der Waals surface area contributed by atoms with Crippen LogP contribution in [0.15, 0.2) is 65.6 Å². The van der Waals surface area contributed by atoms with E-state index < -0.39 is 0 Å². The van der Waals surface area contributed by atoms with Gasteiger partial charge in [0.1, 0.15) is 10.8 Å². The van der Waals surface area contributed by atoms with Gasteiger partial charge in [0.05, 0.1) is 12.8 Å². The maximum absolute atomic E-state index is 13.3. The van der Waals surface area contributed by atoms with E-state index >= 15 is 0 Å². The first-order chi connectivity index (χ1) is 16.0. The highest BCUT2D eigenvalue weighted by Gasteiger charge is 2.20. The Labute approximate surface area is 201 Å². The number of piperidine rings is 1. The van der Waals surface area contributed by atoms with Gasteiger partial charge in [-0.15, -0.1) is 11.3 Å². The average molecular weight is 481 g/mol. The SMILES string of the molecule is COc1cc(-n2ccc3cc(-c4ccc(Cl)cc4)sc3c2=O)ccc1O[C@@H]1CCCN(C)C1. The van der Waals surface area contributed by atoms with Crippen LogP contribution in [0.3, 0.4) is 0 Å². The summed E-state index contributed by atoms with van der Waals surface area (Å²) < 4.78 is 14.2. The molecule has 0 N–H and O–H groups in total. The average Bonchev–Trinajstić information content (AvgIpc) is 3.26. The Morgan fingerprint density at radius 2 is 1.88 bits per heavy atom. The number of pyridine rings is 1. The van der Waals surface area contributed by atoms with Crippen molar-refractivity contribution in [3.63, 3.8) is 0 Å². The van der Waals surface area contributed by atoms with Crippen molar-refractivity contribution in [2.24, 2.45) is 0 Å². The first-order valence-electron chi connectivity index (χ1n) is 11.0. The molecule has 5 nitrogen and oxygen atoms in total. The second-order valence-electron chi connectivity index (χ2n) is 8.37.